The fourth-order valence-corrected chi connectivity index (χ4v) is 5.22. The molecule has 1 aliphatic carbocycles. The second-order valence-electron chi connectivity index (χ2n) is 8.33. The van der Waals surface area contributed by atoms with E-state index in [2.05, 4.69) is 38.7 Å². The molecule has 168 valence electrons. The average Bonchev–Trinajstić information content (AvgIpc) is 3.00. The molecule has 0 spiro atoms. The summed E-state index contributed by atoms with van der Waals surface area (Å²) in [5.74, 6) is 1.64. The lowest BCUT2D eigenvalue weighted by Crippen LogP contribution is -2.27. The maximum atomic E-state index is 13.7. The minimum Gasteiger partial charge on any atom is -0.497 e. The number of nitrogens with one attached hydrogen (secondary N) is 2. The zero-order valence-electron chi connectivity index (χ0n) is 18.5. The zero-order valence-corrected chi connectivity index (χ0v) is 20.1. The molecule has 5 rings (SSSR count). The number of para-hydroxylation sites is 2. The van der Waals surface area contributed by atoms with Crippen molar-refractivity contribution < 1.29 is 14.3 Å². The number of carbonyl (C=O) groups is 1. The summed E-state index contributed by atoms with van der Waals surface area (Å²) >= 11 is 3.58. The van der Waals surface area contributed by atoms with Crippen LogP contribution in [0.2, 0.25) is 0 Å². The number of Topliss-reactive ketones (excluding diaryl/α,β-unsaturated/α-hetero) is 1. The number of rotatable bonds is 4. The van der Waals surface area contributed by atoms with Crippen molar-refractivity contribution in [2.24, 2.45) is 0 Å². The molecule has 6 heteroatoms. The minimum absolute atomic E-state index is 0.0118. The van der Waals surface area contributed by atoms with E-state index in [1.807, 2.05) is 54.6 Å². The monoisotopic (exact) mass is 504 g/mol. The van der Waals surface area contributed by atoms with Crippen molar-refractivity contribution in [3.63, 3.8) is 0 Å². The van der Waals surface area contributed by atoms with E-state index in [1.54, 1.807) is 14.2 Å². The number of anilines is 2. The molecular formula is C27H25BrN2O3. The number of hydrogen-bond acceptors (Lipinski definition) is 5. The van der Waals surface area contributed by atoms with E-state index in [9.17, 15) is 4.79 Å². The van der Waals surface area contributed by atoms with Gasteiger partial charge in [-0.1, -0.05) is 40.2 Å². The van der Waals surface area contributed by atoms with Crippen LogP contribution in [0.5, 0.6) is 11.5 Å². The Morgan fingerprint density at radius 2 is 1.73 bits per heavy atom. The van der Waals surface area contributed by atoms with Gasteiger partial charge in [0.1, 0.15) is 11.5 Å². The molecule has 5 nitrogen and oxygen atoms in total. The van der Waals surface area contributed by atoms with Gasteiger partial charge in [0.05, 0.1) is 31.6 Å². The number of benzene rings is 3. The molecule has 0 saturated carbocycles. The van der Waals surface area contributed by atoms with Crippen LogP contribution in [0.4, 0.5) is 11.4 Å². The van der Waals surface area contributed by atoms with E-state index >= 15 is 0 Å². The number of fused-ring (bicyclic) bond motifs is 1. The van der Waals surface area contributed by atoms with E-state index in [0.717, 1.165) is 49.7 Å². The average molecular weight is 505 g/mol. The van der Waals surface area contributed by atoms with Gasteiger partial charge in [-0.25, -0.2) is 0 Å². The van der Waals surface area contributed by atoms with Crippen molar-refractivity contribution >= 4 is 33.1 Å². The first-order valence-electron chi connectivity index (χ1n) is 10.9. The Kier molecular flexibility index (Phi) is 5.85. The van der Waals surface area contributed by atoms with E-state index < -0.39 is 0 Å². The van der Waals surface area contributed by atoms with Crippen molar-refractivity contribution in [1.82, 2.24) is 0 Å². The lowest BCUT2D eigenvalue weighted by Gasteiger charge is -2.30. The van der Waals surface area contributed by atoms with Crippen LogP contribution in [0, 0.1) is 0 Å². The summed E-state index contributed by atoms with van der Waals surface area (Å²) in [6.07, 6.45) is 1.11. The predicted molar refractivity (Wildman–Crippen MR) is 134 cm³/mol. The molecule has 3 aromatic carbocycles. The highest BCUT2D eigenvalue weighted by Gasteiger charge is 2.37. The number of ether oxygens (including phenoxy) is 2. The number of halogens is 1. The fraction of sp³-hybridized carbons (Fsp3) is 0.222. The lowest BCUT2D eigenvalue weighted by atomic mass is 9.78. The maximum absolute atomic E-state index is 13.7. The first kappa shape index (κ1) is 21.6. The van der Waals surface area contributed by atoms with Gasteiger partial charge in [-0.15, -0.1) is 0 Å². The normalized spacial score (nSPS) is 19.5. The summed E-state index contributed by atoms with van der Waals surface area (Å²) in [5.41, 5.74) is 5.71. The number of carbonyl (C=O) groups excluding carboxylic acids is 1. The predicted octanol–water partition coefficient (Wildman–Crippen LogP) is 6.45. The van der Waals surface area contributed by atoms with E-state index in [0.29, 0.717) is 12.8 Å². The summed E-state index contributed by atoms with van der Waals surface area (Å²) in [6, 6.07) is 21.7. The molecule has 0 amide bonds. The summed E-state index contributed by atoms with van der Waals surface area (Å²) < 4.78 is 12.1. The van der Waals surface area contributed by atoms with Crippen LogP contribution in [0.25, 0.3) is 0 Å². The standard InChI is InChI=1S/C27H25BrN2O3/c1-32-19-10-11-25(33-2)20(15-19)17-13-23-26(24(31)14-17)27(16-6-5-7-18(28)12-16)30-22-9-4-3-8-21(22)29-23/h3-12,15,17,27,29-30H,13-14H2,1-2H3. The van der Waals surface area contributed by atoms with Crippen LogP contribution in [0.1, 0.15) is 35.9 Å². The SMILES string of the molecule is COc1ccc(OC)c(C2CC(=O)C3=C(C2)Nc2ccccc2NC3c2cccc(Br)c2)c1. The van der Waals surface area contributed by atoms with Gasteiger partial charge >= 0.3 is 0 Å². The molecule has 0 radical (unpaired) electrons. The van der Waals surface area contributed by atoms with Crippen molar-refractivity contribution in [3.05, 3.63) is 93.6 Å². The third-order valence-corrected chi connectivity index (χ3v) is 6.86. The van der Waals surface area contributed by atoms with Crippen LogP contribution in [-0.2, 0) is 4.79 Å². The third-order valence-electron chi connectivity index (χ3n) is 6.37. The smallest absolute Gasteiger partial charge is 0.163 e. The Morgan fingerprint density at radius 3 is 2.48 bits per heavy atom. The van der Waals surface area contributed by atoms with Crippen LogP contribution in [0.15, 0.2) is 82.5 Å². The largest absolute Gasteiger partial charge is 0.497 e. The van der Waals surface area contributed by atoms with E-state index in [4.69, 9.17) is 9.47 Å². The molecule has 1 heterocycles. The fourth-order valence-electron chi connectivity index (χ4n) is 4.81. The Hall–Kier alpha value is -3.25. The number of methoxy groups -OCH3 is 2. The molecule has 2 unspecified atom stereocenters. The van der Waals surface area contributed by atoms with E-state index in [-0.39, 0.29) is 17.7 Å². The Bertz CT molecular complexity index is 1250. The first-order valence-corrected chi connectivity index (χ1v) is 11.7. The number of ketones is 1. The zero-order chi connectivity index (χ0) is 22.9. The third kappa shape index (κ3) is 4.11. The first-order chi connectivity index (χ1) is 16.1. The molecule has 0 bridgehead atoms. The van der Waals surface area contributed by atoms with Gasteiger partial charge in [-0.2, -0.15) is 0 Å². The number of allylic oxidation sites excluding steroid dienone is 1. The highest BCUT2D eigenvalue weighted by molar-refractivity contribution is 9.10. The molecule has 2 N–H and O–H groups in total. The van der Waals surface area contributed by atoms with Gasteiger partial charge < -0.3 is 20.1 Å². The molecule has 3 aromatic rings. The van der Waals surface area contributed by atoms with Gasteiger partial charge in [0.2, 0.25) is 0 Å². The summed E-state index contributed by atoms with van der Waals surface area (Å²) in [4.78, 5) is 13.7. The highest BCUT2D eigenvalue weighted by Crippen LogP contribution is 2.46. The van der Waals surface area contributed by atoms with Crippen LogP contribution < -0.4 is 20.1 Å². The Labute approximate surface area is 201 Å². The second-order valence-corrected chi connectivity index (χ2v) is 9.25. The van der Waals surface area contributed by atoms with Gasteiger partial charge in [0.25, 0.3) is 0 Å². The van der Waals surface area contributed by atoms with Crippen molar-refractivity contribution in [2.75, 3.05) is 24.9 Å². The van der Waals surface area contributed by atoms with Crippen molar-refractivity contribution in [2.45, 2.75) is 24.8 Å². The second kappa shape index (κ2) is 8.94. The molecule has 33 heavy (non-hydrogen) atoms. The van der Waals surface area contributed by atoms with Crippen molar-refractivity contribution in [1.29, 1.82) is 0 Å². The Balaban J connectivity index is 1.62. The molecule has 2 aliphatic rings. The van der Waals surface area contributed by atoms with Crippen LogP contribution in [0.3, 0.4) is 0 Å². The van der Waals surface area contributed by atoms with Gasteiger partial charge in [0.15, 0.2) is 5.78 Å². The lowest BCUT2D eigenvalue weighted by molar-refractivity contribution is -0.116. The number of hydrogen-bond donors (Lipinski definition) is 2. The Morgan fingerprint density at radius 1 is 0.909 bits per heavy atom. The summed E-state index contributed by atoms with van der Waals surface area (Å²) in [7, 11) is 3.31. The highest BCUT2D eigenvalue weighted by atomic mass is 79.9. The van der Waals surface area contributed by atoms with Crippen molar-refractivity contribution in [3.8, 4) is 11.5 Å². The molecule has 0 saturated heterocycles. The quantitative estimate of drug-likeness (QED) is 0.427. The molecular weight excluding hydrogens is 480 g/mol. The minimum atomic E-state index is -0.241. The summed E-state index contributed by atoms with van der Waals surface area (Å²) in [6.45, 7) is 0. The topological polar surface area (TPSA) is 59.6 Å². The maximum Gasteiger partial charge on any atom is 0.163 e. The van der Waals surface area contributed by atoms with Crippen LogP contribution in [-0.4, -0.2) is 20.0 Å². The van der Waals surface area contributed by atoms with Gasteiger partial charge in [-0.05, 0) is 54.4 Å². The van der Waals surface area contributed by atoms with E-state index in [1.165, 1.54) is 0 Å². The van der Waals surface area contributed by atoms with Gasteiger partial charge in [-0.3, -0.25) is 4.79 Å². The van der Waals surface area contributed by atoms with Crippen LogP contribution >= 0.6 is 15.9 Å². The molecule has 0 aromatic heterocycles. The van der Waals surface area contributed by atoms with Gasteiger partial charge in [0, 0.05) is 33.6 Å². The molecule has 0 fully saturated rings. The molecule has 1 aliphatic heterocycles. The summed E-state index contributed by atoms with van der Waals surface area (Å²) in [5, 5.41) is 7.21. The molecule has 2 atom stereocenters.